The number of ether oxygens (including phenoxy) is 1. The first kappa shape index (κ1) is 17.3. The zero-order valence-corrected chi connectivity index (χ0v) is 15.2. The molecule has 0 unspecified atom stereocenters. The maximum absolute atomic E-state index is 13.0. The average Bonchev–Trinajstić information content (AvgIpc) is 3.13. The minimum atomic E-state index is -0.285. The first-order valence-electron chi connectivity index (χ1n) is 9.01. The van der Waals surface area contributed by atoms with Crippen molar-refractivity contribution in [2.24, 2.45) is 0 Å². The topological polar surface area (TPSA) is 45.3 Å². The molecule has 2 aromatic carbocycles. The van der Waals surface area contributed by atoms with E-state index < -0.39 is 0 Å². The maximum Gasteiger partial charge on any atom is 0.227 e. The minimum Gasteiger partial charge on any atom is -0.497 e. The van der Waals surface area contributed by atoms with Crippen molar-refractivity contribution in [3.8, 4) is 5.75 Å². The highest BCUT2D eigenvalue weighted by molar-refractivity contribution is 5.94. The lowest BCUT2D eigenvalue weighted by Gasteiger charge is -2.26. The molecule has 3 aromatic rings. The lowest BCUT2D eigenvalue weighted by atomic mass is 9.98. The van der Waals surface area contributed by atoms with E-state index in [1.54, 1.807) is 19.2 Å². The van der Waals surface area contributed by atoms with Gasteiger partial charge in [0.25, 0.3) is 0 Å². The van der Waals surface area contributed by atoms with Crippen LogP contribution in [0.4, 0.5) is 4.39 Å². The minimum absolute atomic E-state index is 0.0671. The van der Waals surface area contributed by atoms with E-state index in [4.69, 9.17) is 4.74 Å². The number of nitrogens with one attached hydrogen (secondary N) is 1. The smallest absolute Gasteiger partial charge is 0.227 e. The van der Waals surface area contributed by atoms with Crippen LogP contribution in [0.25, 0.3) is 16.5 Å². The van der Waals surface area contributed by atoms with Crippen molar-refractivity contribution in [3.63, 3.8) is 0 Å². The summed E-state index contributed by atoms with van der Waals surface area (Å²) >= 11 is 0. The van der Waals surface area contributed by atoms with Gasteiger partial charge < -0.3 is 14.6 Å². The Hall–Kier alpha value is -3.08. The van der Waals surface area contributed by atoms with Crippen LogP contribution in [0.5, 0.6) is 5.75 Å². The highest BCUT2D eigenvalue weighted by Gasteiger charge is 2.19. The van der Waals surface area contributed by atoms with Crippen molar-refractivity contribution in [1.29, 1.82) is 0 Å². The number of amides is 1. The third kappa shape index (κ3) is 3.58. The predicted octanol–water partition coefficient (Wildman–Crippen LogP) is 4.17. The van der Waals surface area contributed by atoms with Crippen LogP contribution in [0.3, 0.4) is 0 Å². The third-order valence-corrected chi connectivity index (χ3v) is 5.07. The summed E-state index contributed by atoms with van der Waals surface area (Å²) in [6.45, 7) is 1.27. The molecule has 0 saturated heterocycles. The van der Waals surface area contributed by atoms with Crippen molar-refractivity contribution in [2.45, 2.75) is 12.8 Å². The standard InChI is InChI=1S/C22H21FN2O2/c1-27-18-6-7-21-19(13-18)20(14-24-21)16-8-10-25(11-9-16)22(26)12-15-2-4-17(23)5-3-15/h2-8,13-14,24H,9-12H2,1H3. The van der Waals surface area contributed by atoms with Gasteiger partial charge in [0, 0.05) is 35.8 Å². The number of hydrogen-bond acceptors (Lipinski definition) is 2. The second kappa shape index (κ2) is 7.27. The molecule has 4 rings (SSSR count). The van der Waals surface area contributed by atoms with Gasteiger partial charge in [0.05, 0.1) is 13.5 Å². The zero-order chi connectivity index (χ0) is 18.8. The first-order chi connectivity index (χ1) is 13.1. The van der Waals surface area contributed by atoms with Gasteiger partial charge in [-0.2, -0.15) is 0 Å². The number of aromatic amines is 1. The maximum atomic E-state index is 13.0. The Labute approximate surface area is 157 Å². The normalized spacial score (nSPS) is 14.3. The molecule has 0 fully saturated rings. The molecule has 4 nitrogen and oxygen atoms in total. The molecular formula is C22H21FN2O2. The fraction of sp³-hybridized carbons (Fsp3) is 0.227. The number of aromatic nitrogens is 1. The molecular weight excluding hydrogens is 343 g/mol. The molecule has 27 heavy (non-hydrogen) atoms. The van der Waals surface area contributed by atoms with Crippen LogP contribution in [-0.4, -0.2) is 36.0 Å². The van der Waals surface area contributed by atoms with Gasteiger partial charge in [-0.1, -0.05) is 18.2 Å². The summed E-state index contributed by atoms with van der Waals surface area (Å²) in [7, 11) is 1.66. The molecule has 0 aliphatic carbocycles. The highest BCUT2D eigenvalue weighted by Crippen LogP contribution is 2.31. The van der Waals surface area contributed by atoms with Gasteiger partial charge in [-0.05, 0) is 47.9 Å². The third-order valence-electron chi connectivity index (χ3n) is 5.07. The lowest BCUT2D eigenvalue weighted by molar-refractivity contribution is -0.130. The number of rotatable bonds is 4. The van der Waals surface area contributed by atoms with Gasteiger partial charge in [-0.15, -0.1) is 0 Å². The molecule has 1 N–H and O–H groups in total. The summed E-state index contributed by atoms with van der Waals surface area (Å²) in [5.74, 6) is 0.612. The molecule has 0 saturated carbocycles. The monoisotopic (exact) mass is 364 g/mol. The summed E-state index contributed by atoms with van der Waals surface area (Å²) in [5, 5.41) is 1.13. The van der Waals surface area contributed by atoms with Crippen molar-refractivity contribution in [1.82, 2.24) is 9.88 Å². The van der Waals surface area contributed by atoms with E-state index >= 15 is 0 Å². The number of fused-ring (bicyclic) bond motifs is 1. The predicted molar refractivity (Wildman–Crippen MR) is 104 cm³/mol. The number of nitrogens with zero attached hydrogens (tertiary/aromatic N) is 1. The Bertz CT molecular complexity index is 1000. The van der Waals surface area contributed by atoms with Gasteiger partial charge in [-0.25, -0.2) is 4.39 Å². The van der Waals surface area contributed by atoms with Crippen molar-refractivity contribution in [2.75, 3.05) is 20.2 Å². The number of H-pyrrole nitrogens is 1. The molecule has 1 amide bonds. The second-order valence-corrected chi connectivity index (χ2v) is 6.74. The van der Waals surface area contributed by atoms with Crippen molar-refractivity contribution < 1.29 is 13.9 Å². The summed E-state index contributed by atoms with van der Waals surface area (Å²) in [4.78, 5) is 17.7. The number of halogens is 1. The van der Waals surface area contributed by atoms with Crippen LogP contribution in [0.1, 0.15) is 17.5 Å². The van der Waals surface area contributed by atoms with E-state index in [9.17, 15) is 9.18 Å². The molecule has 0 bridgehead atoms. The Morgan fingerprint density at radius 1 is 1.22 bits per heavy atom. The van der Waals surface area contributed by atoms with E-state index in [2.05, 4.69) is 11.1 Å². The van der Waals surface area contributed by atoms with Gasteiger partial charge in [0.2, 0.25) is 5.91 Å². The van der Waals surface area contributed by atoms with Gasteiger partial charge in [-0.3, -0.25) is 4.79 Å². The molecule has 0 atom stereocenters. The van der Waals surface area contributed by atoms with Crippen LogP contribution >= 0.6 is 0 Å². The van der Waals surface area contributed by atoms with Crippen molar-refractivity contribution >= 4 is 22.4 Å². The van der Waals surface area contributed by atoms with E-state index in [1.165, 1.54) is 17.7 Å². The number of carbonyl (C=O) groups excluding carboxylic acids is 1. The molecule has 5 heteroatoms. The second-order valence-electron chi connectivity index (χ2n) is 6.74. The Balaban J connectivity index is 1.48. The largest absolute Gasteiger partial charge is 0.497 e. The Morgan fingerprint density at radius 2 is 2.04 bits per heavy atom. The first-order valence-corrected chi connectivity index (χ1v) is 9.01. The van der Waals surface area contributed by atoms with E-state index in [0.717, 1.165) is 34.2 Å². The van der Waals surface area contributed by atoms with Gasteiger partial charge in [0.1, 0.15) is 11.6 Å². The van der Waals surface area contributed by atoms with E-state index in [-0.39, 0.29) is 11.7 Å². The fourth-order valence-electron chi connectivity index (χ4n) is 3.52. The molecule has 1 aliphatic heterocycles. The lowest BCUT2D eigenvalue weighted by Crippen LogP contribution is -2.35. The molecule has 0 radical (unpaired) electrons. The quantitative estimate of drug-likeness (QED) is 0.755. The van der Waals surface area contributed by atoms with Crippen LogP contribution in [0, 0.1) is 5.82 Å². The van der Waals surface area contributed by atoms with Gasteiger partial charge >= 0.3 is 0 Å². The van der Waals surface area contributed by atoms with Gasteiger partial charge in [0.15, 0.2) is 0 Å². The molecule has 0 spiro atoms. The van der Waals surface area contributed by atoms with Crippen LogP contribution < -0.4 is 4.74 Å². The summed E-state index contributed by atoms with van der Waals surface area (Å²) in [6, 6.07) is 12.1. The highest BCUT2D eigenvalue weighted by atomic mass is 19.1. The summed E-state index contributed by atoms with van der Waals surface area (Å²) in [5.41, 5.74) is 4.30. The SMILES string of the molecule is COc1ccc2[nH]cc(C3=CCN(C(=O)Cc4ccc(F)cc4)CC3)c2c1. The van der Waals surface area contributed by atoms with Crippen LogP contribution in [-0.2, 0) is 11.2 Å². The van der Waals surface area contributed by atoms with E-state index in [0.29, 0.717) is 19.5 Å². The zero-order valence-electron chi connectivity index (χ0n) is 15.2. The van der Waals surface area contributed by atoms with E-state index in [1.807, 2.05) is 29.3 Å². The van der Waals surface area contributed by atoms with Crippen LogP contribution in [0.15, 0.2) is 54.7 Å². The number of hydrogen-bond donors (Lipinski definition) is 1. The molecule has 1 aliphatic rings. The van der Waals surface area contributed by atoms with Crippen molar-refractivity contribution in [3.05, 3.63) is 71.7 Å². The summed E-state index contributed by atoms with van der Waals surface area (Å²) in [6.07, 6.45) is 5.24. The Kier molecular flexibility index (Phi) is 4.67. The summed E-state index contributed by atoms with van der Waals surface area (Å²) < 4.78 is 18.3. The molecule has 2 heterocycles. The fourth-order valence-corrected chi connectivity index (χ4v) is 3.52. The number of methoxy groups -OCH3 is 1. The molecule has 1 aromatic heterocycles. The Morgan fingerprint density at radius 3 is 2.74 bits per heavy atom. The molecule has 138 valence electrons. The number of benzene rings is 2. The average molecular weight is 364 g/mol. The van der Waals surface area contributed by atoms with Crippen LogP contribution in [0.2, 0.25) is 0 Å². The number of carbonyl (C=O) groups is 1.